The van der Waals surface area contributed by atoms with E-state index in [1.807, 2.05) is 18.2 Å². The molecule has 8 heteroatoms. The molecular formula is C23H25N5OS2. The van der Waals surface area contributed by atoms with E-state index in [0.717, 1.165) is 33.2 Å². The molecule has 0 saturated heterocycles. The van der Waals surface area contributed by atoms with Gasteiger partial charge in [-0.15, -0.1) is 33.7 Å². The number of aromatic nitrogens is 4. The molecule has 0 aliphatic carbocycles. The van der Waals surface area contributed by atoms with E-state index in [4.69, 9.17) is 0 Å². The lowest BCUT2D eigenvalue weighted by Crippen LogP contribution is -2.11. The molecule has 4 rings (SSSR count). The van der Waals surface area contributed by atoms with Gasteiger partial charge in [-0.1, -0.05) is 55.3 Å². The first-order valence-electron chi connectivity index (χ1n) is 10.5. The van der Waals surface area contributed by atoms with Crippen LogP contribution < -0.4 is 5.32 Å². The summed E-state index contributed by atoms with van der Waals surface area (Å²) < 4.78 is 0. The number of rotatable bonds is 8. The largest absolute Gasteiger partial charge is 0.321 e. The zero-order valence-electron chi connectivity index (χ0n) is 17.4. The van der Waals surface area contributed by atoms with Crippen LogP contribution in [0.1, 0.15) is 48.4 Å². The molecule has 3 aromatic rings. The predicted molar refractivity (Wildman–Crippen MR) is 127 cm³/mol. The van der Waals surface area contributed by atoms with E-state index >= 15 is 0 Å². The summed E-state index contributed by atoms with van der Waals surface area (Å²) in [4.78, 5) is 14.7. The standard InChI is InChI=1S/C23H25N5OS2/c1-2-3-4-6-16-9-11-17(12-10-16)13-14-21(29)24-18-7-5-8-19-22(18)30-15-20(31-19)23-25-27-28-26-23/h5,7-14,20H,2-4,6,15H2,1H3,(H,24,29)(H,25,26,27,28). The minimum Gasteiger partial charge on any atom is -0.321 e. The number of nitrogens with zero attached hydrogens (tertiary/aromatic N) is 3. The van der Waals surface area contributed by atoms with Crippen molar-refractivity contribution in [3.8, 4) is 0 Å². The number of tetrazole rings is 1. The summed E-state index contributed by atoms with van der Waals surface area (Å²) in [5.41, 5.74) is 3.21. The molecule has 2 heterocycles. The van der Waals surface area contributed by atoms with Crippen LogP contribution in [0, 0.1) is 0 Å². The van der Waals surface area contributed by atoms with Gasteiger partial charge in [0.05, 0.1) is 10.9 Å². The maximum Gasteiger partial charge on any atom is 0.248 e. The number of carbonyl (C=O) groups excluding carboxylic acids is 1. The summed E-state index contributed by atoms with van der Waals surface area (Å²) in [7, 11) is 0. The number of amides is 1. The van der Waals surface area contributed by atoms with Crippen LogP contribution in [-0.2, 0) is 11.2 Å². The second kappa shape index (κ2) is 10.6. The lowest BCUT2D eigenvalue weighted by atomic mass is 10.1. The van der Waals surface area contributed by atoms with Crippen molar-refractivity contribution in [3.63, 3.8) is 0 Å². The molecule has 0 radical (unpaired) electrons. The average molecular weight is 452 g/mol. The van der Waals surface area contributed by atoms with Gasteiger partial charge in [-0.25, -0.2) is 0 Å². The molecule has 0 spiro atoms. The van der Waals surface area contributed by atoms with Crippen LogP contribution >= 0.6 is 23.5 Å². The third kappa shape index (κ3) is 5.77. The number of thioether (sulfide) groups is 2. The van der Waals surface area contributed by atoms with Crippen LogP contribution in [-0.4, -0.2) is 32.3 Å². The fraction of sp³-hybridized carbons (Fsp3) is 0.304. The van der Waals surface area contributed by atoms with Crippen molar-refractivity contribution in [2.45, 2.75) is 47.6 Å². The quantitative estimate of drug-likeness (QED) is 0.346. The molecule has 1 atom stereocenters. The second-order valence-corrected chi connectivity index (χ2v) is 9.62. The van der Waals surface area contributed by atoms with Crippen LogP contribution in [0.25, 0.3) is 6.08 Å². The van der Waals surface area contributed by atoms with Crippen LogP contribution in [0.3, 0.4) is 0 Å². The van der Waals surface area contributed by atoms with Gasteiger partial charge in [0, 0.05) is 21.6 Å². The van der Waals surface area contributed by atoms with Gasteiger partial charge in [0.25, 0.3) is 0 Å². The van der Waals surface area contributed by atoms with Crippen LogP contribution in [0.15, 0.2) is 58.3 Å². The van der Waals surface area contributed by atoms with Gasteiger partial charge < -0.3 is 5.32 Å². The number of aromatic amines is 1. The van der Waals surface area contributed by atoms with Crippen molar-refractivity contribution in [2.24, 2.45) is 0 Å². The highest BCUT2D eigenvalue weighted by Gasteiger charge is 2.26. The summed E-state index contributed by atoms with van der Waals surface area (Å²) in [5, 5.41) is 17.5. The molecule has 1 aromatic heterocycles. The van der Waals surface area contributed by atoms with Crippen LogP contribution in [0.5, 0.6) is 0 Å². The molecule has 2 aromatic carbocycles. The van der Waals surface area contributed by atoms with Crippen molar-refractivity contribution in [1.29, 1.82) is 0 Å². The highest BCUT2D eigenvalue weighted by molar-refractivity contribution is 8.06. The molecule has 0 fully saturated rings. The lowest BCUT2D eigenvalue weighted by molar-refractivity contribution is -0.111. The van der Waals surface area contributed by atoms with Crippen molar-refractivity contribution in [2.75, 3.05) is 11.1 Å². The van der Waals surface area contributed by atoms with Gasteiger partial charge in [0.2, 0.25) is 5.91 Å². The molecule has 0 saturated carbocycles. The van der Waals surface area contributed by atoms with E-state index in [0.29, 0.717) is 5.82 Å². The number of aryl methyl sites for hydroxylation is 1. The SMILES string of the molecule is CCCCCc1ccc(C=CC(=O)Nc2cccc3c2SCC(c2nn[nH]n2)S3)cc1. The summed E-state index contributed by atoms with van der Waals surface area (Å²) in [6.07, 6.45) is 8.28. The first-order valence-corrected chi connectivity index (χ1v) is 12.3. The summed E-state index contributed by atoms with van der Waals surface area (Å²) in [5.74, 6) is 1.40. The third-order valence-corrected chi connectivity index (χ3v) is 7.84. The molecule has 160 valence electrons. The van der Waals surface area contributed by atoms with Gasteiger partial charge >= 0.3 is 0 Å². The maximum atomic E-state index is 12.5. The Labute approximate surface area is 190 Å². The van der Waals surface area contributed by atoms with Gasteiger partial charge in [0.15, 0.2) is 5.82 Å². The second-order valence-electron chi connectivity index (χ2n) is 7.34. The predicted octanol–water partition coefficient (Wildman–Crippen LogP) is 5.52. The molecule has 1 aliphatic heterocycles. The van der Waals surface area contributed by atoms with Crippen molar-refractivity contribution >= 4 is 41.2 Å². The fourth-order valence-corrected chi connectivity index (χ4v) is 5.99. The molecule has 6 nitrogen and oxygen atoms in total. The molecule has 0 bridgehead atoms. The first-order chi connectivity index (χ1) is 15.2. The zero-order valence-corrected chi connectivity index (χ0v) is 19.0. The van der Waals surface area contributed by atoms with Crippen molar-refractivity contribution in [1.82, 2.24) is 20.6 Å². The Morgan fingerprint density at radius 2 is 2.10 bits per heavy atom. The number of fused-ring (bicyclic) bond motifs is 1. The Kier molecular flexibility index (Phi) is 7.43. The van der Waals surface area contributed by atoms with Gasteiger partial charge in [0.1, 0.15) is 0 Å². The van der Waals surface area contributed by atoms with Gasteiger partial charge in [-0.2, -0.15) is 5.21 Å². The summed E-state index contributed by atoms with van der Waals surface area (Å²) in [6, 6.07) is 14.4. The fourth-order valence-electron chi connectivity index (χ4n) is 3.36. The Hall–Kier alpha value is -2.58. The molecule has 1 aliphatic rings. The zero-order chi connectivity index (χ0) is 21.5. The summed E-state index contributed by atoms with van der Waals surface area (Å²) >= 11 is 3.41. The monoisotopic (exact) mass is 451 g/mol. The Bertz CT molecular complexity index is 1030. The van der Waals surface area contributed by atoms with E-state index < -0.39 is 0 Å². The Balaban J connectivity index is 1.36. The Morgan fingerprint density at radius 3 is 2.87 bits per heavy atom. The number of hydrogen-bond donors (Lipinski definition) is 2. The minimum absolute atomic E-state index is 0.133. The third-order valence-electron chi connectivity index (χ3n) is 5.01. The lowest BCUT2D eigenvalue weighted by Gasteiger charge is -2.23. The number of anilines is 1. The Morgan fingerprint density at radius 1 is 1.23 bits per heavy atom. The average Bonchev–Trinajstić information content (AvgIpc) is 3.34. The molecule has 2 N–H and O–H groups in total. The first kappa shape index (κ1) is 21.6. The van der Waals surface area contributed by atoms with Crippen LogP contribution in [0.4, 0.5) is 5.69 Å². The number of unbranched alkanes of at least 4 members (excludes halogenated alkanes) is 2. The highest BCUT2D eigenvalue weighted by Crippen LogP contribution is 2.49. The molecular weight excluding hydrogens is 426 g/mol. The summed E-state index contributed by atoms with van der Waals surface area (Å²) in [6.45, 7) is 2.22. The highest BCUT2D eigenvalue weighted by atomic mass is 32.2. The van der Waals surface area contributed by atoms with Gasteiger partial charge in [-0.05, 0) is 42.2 Å². The van der Waals surface area contributed by atoms with E-state index in [-0.39, 0.29) is 11.2 Å². The minimum atomic E-state index is -0.133. The van der Waals surface area contributed by atoms with Crippen LogP contribution in [0.2, 0.25) is 0 Å². The number of carbonyl (C=O) groups is 1. The number of H-pyrrole nitrogens is 1. The van der Waals surface area contributed by atoms with E-state index in [1.165, 1.54) is 24.8 Å². The van der Waals surface area contributed by atoms with Crippen molar-refractivity contribution < 1.29 is 4.79 Å². The number of benzene rings is 2. The molecule has 1 amide bonds. The van der Waals surface area contributed by atoms with E-state index in [9.17, 15) is 4.79 Å². The van der Waals surface area contributed by atoms with E-state index in [2.05, 4.69) is 63.2 Å². The maximum absolute atomic E-state index is 12.5. The molecule has 1 unspecified atom stereocenters. The number of nitrogens with one attached hydrogen (secondary N) is 2. The number of hydrogen-bond acceptors (Lipinski definition) is 6. The topological polar surface area (TPSA) is 83.6 Å². The van der Waals surface area contributed by atoms with E-state index in [1.54, 1.807) is 29.6 Å². The molecule has 31 heavy (non-hydrogen) atoms. The van der Waals surface area contributed by atoms with Gasteiger partial charge in [-0.3, -0.25) is 4.79 Å². The van der Waals surface area contributed by atoms with Crippen molar-refractivity contribution in [3.05, 3.63) is 65.5 Å². The smallest absolute Gasteiger partial charge is 0.248 e. The normalized spacial score (nSPS) is 15.7.